The number of sulfonamides is 1. The molecule has 0 radical (unpaired) electrons. The van der Waals surface area contributed by atoms with Crippen LogP contribution >= 0.6 is 0 Å². The molecule has 0 bridgehead atoms. The van der Waals surface area contributed by atoms with Gasteiger partial charge in [0.15, 0.2) is 0 Å². The fourth-order valence-electron chi connectivity index (χ4n) is 4.85. The summed E-state index contributed by atoms with van der Waals surface area (Å²) in [5.41, 5.74) is 4.51. The molecule has 8 heteroatoms. The monoisotopic (exact) mass is 487 g/mol. The number of hydrogen-bond donors (Lipinski definition) is 1. The Kier molecular flexibility index (Phi) is 7.75. The lowest BCUT2D eigenvalue weighted by Crippen LogP contribution is -2.33. The Hall–Kier alpha value is -2.42. The summed E-state index contributed by atoms with van der Waals surface area (Å²) in [6.45, 7) is 9.99. The number of fused-ring (bicyclic) bond motifs is 1. The molecule has 0 aliphatic carbocycles. The summed E-state index contributed by atoms with van der Waals surface area (Å²) in [4.78, 5) is 15.3. The number of anilines is 1. The van der Waals surface area contributed by atoms with Gasteiger partial charge in [-0.25, -0.2) is 12.7 Å². The van der Waals surface area contributed by atoms with Crippen molar-refractivity contribution in [2.45, 2.75) is 50.8 Å². The first-order valence-electron chi connectivity index (χ1n) is 11.6. The zero-order chi connectivity index (χ0) is 25.3. The van der Waals surface area contributed by atoms with Gasteiger partial charge in [0.25, 0.3) is 0 Å². The van der Waals surface area contributed by atoms with Crippen LogP contribution in [-0.4, -0.2) is 64.4 Å². The molecule has 1 heterocycles. The third-order valence-corrected chi connectivity index (χ3v) is 8.71. The molecule has 2 aromatic rings. The molecule has 2 aromatic carbocycles. The minimum absolute atomic E-state index is 0.0241. The van der Waals surface area contributed by atoms with E-state index in [9.17, 15) is 13.2 Å². The predicted molar refractivity (Wildman–Crippen MR) is 136 cm³/mol. The number of carbonyl (C=O) groups is 1. The molecule has 186 valence electrons. The van der Waals surface area contributed by atoms with Crippen molar-refractivity contribution in [3.8, 4) is 5.75 Å². The van der Waals surface area contributed by atoms with Crippen LogP contribution in [0.25, 0.3) is 0 Å². The molecule has 0 spiro atoms. The number of methoxy groups -OCH3 is 1. The van der Waals surface area contributed by atoms with Gasteiger partial charge >= 0.3 is 0 Å². The van der Waals surface area contributed by atoms with E-state index < -0.39 is 10.0 Å². The zero-order valence-corrected chi connectivity index (χ0v) is 22.2. The average Bonchev–Trinajstić information content (AvgIpc) is 2.86. The summed E-state index contributed by atoms with van der Waals surface area (Å²) >= 11 is 0. The standard InChI is InChI=1S/C26H37N3O4S/c1-18-14-22(33-7)15-19(2)25(18)34(31,32)29(6)13-11-24(30)27-21-9-8-20-10-12-28(5)17-26(3,4)23(20)16-21/h8-9,14-16H,10-13,17H2,1-7H3,(H,27,30). The first kappa shape index (κ1) is 26.2. The Morgan fingerprint density at radius 3 is 2.44 bits per heavy atom. The molecule has 0 saturated carbocycles. The van der Waals surface area contributed by atoms with E-state index in [1.807, 2.05) is 6.07 Å². The van der Waals surface area contributed by atoms with E-state index in [0.29, 0.717) is 16.9 Å². The summed E-state index contributed by atoms with van der Waals surface area (Å²) < 4.78 is 32.8. The minimum Gasteiger partial charge on any atom is -0.497 e. The van der Waals surface area contributed by atoms with Crippen molar-refractivity contribution in [2.75, 3.05) is 46.2 Å². The van der Waals surface area contributed by atoms with Crippen molar-refractivity contribution in [1.82, 2.24) is 9.21 Å². The first-order chi connectivity index (χ1) is 15.8. The van der Waals surface area contributed by atoms with Crippen LogP contribution in [-0.2, 0) is 26.7 Å². The maximum absolute atomic E-state index is 13.2. The number of rotatable bonds is 7. The molecule has 0 unspecified atom stereocenters. The number of benzene rings is 2. The summed E-state index contributed by atoms with van der Waals surface area (Å²) in [5.74, 6) is 0.403. The van der Waals surface area contributed by atoms with E-state index in [1.165, 1.54) is 22.5 Å². The highest BCUT2D eigenvalue weighted by Gasteiger charge is 2.29. The molecule has 34 heavy (non-hydrogen) atoms. The largest absolute Gasteiger partial charge is 0.497 e. The van der Waals surface area contributed by atoms with Crippen LogP contribution in [0.2, 0.25) is 0 Å². The van der Waals surface area contributed by atoms with Crippen molar-refractivity contribution in [2.24, 2.45) is 0 Å². The van der Waals surface area contributed by atoms with Gasteiger partial charge in [0.2, 0.25) is 15.9 Å². The fraction of sp³-hybridized carbons (Fsp3) is 0.500. The average molecular weight is 488 g/mol. The van der Waals surface area contributed by atoms with Crippen molar-refractivity contribution in [1.29, 1.82) is 0 Å². The van der Waals surface area contributed by atoms with Gasteiger partial charge in [-0.3, -0.25) is 4.79 Å². The molecule has 0 aromatic heterocycles. The Bertz CT molecular complexity index is 1150. The molecule has 0 atom stereocenters. The highest BCUT2D eigenvalue weighted by Crippen LogP contribution is 2.33. The maximum atomic E-state index is 13.2. The molecule has 0 fully saturated rings. The maximum Gasteiger partial charge on any atom is 0.243 e. The number of nitrogens with zero attached hydrogens (tertiary/aromatic N) is 2. The lowest BCUT2D eigenvalue weighted by atomic mass is 9.81. The molecule has 1 aliphatic rings. The predicted octanol–water partition coefficient (Wildman–Crippen LogP) is 3.73. The molecule has 1 aliphatic heterocycles. The summed E-state index contributed by atoms with van der Waals surface area (Å²) in [6, 6.07) is 9.51. The molecule has 1 amide bonds. The van der Waals surface area contributed by atoms with Crippen molar-refractivity contribution in [3.05, 3.63) is 52.6 Å². The number of carbonyl (C=O) groups excluding carboxylic acids is 1. The number of likely N-dealkylation sites (N-methyl/N-ethyl adjacent to an activating group) is 1. The van der Waals surface area contributed by atoms with Crippen molar-refractivity contribution in [3.63, 3.8) is 0 Å². The number of ether oxygens (including phenoxy) is 1. The zero-order valence-electron chi connectivity index (χ0n) is 21.4. The second-order valence-corrected chi connectivity index (χ2v) is 11.9. The van der Waals surface area contributed by atoms with Gasteiger partial charge in [0, 0.05) is 44.2 Å². The number of nitrogens with one attached hydrogen (secondary N) is 1. The van der Waals surface area contributed by atoms with Gasteiger partial charge in [-0.05, 0) is 73.8 Å². The molecule has 1 N–H and O–H groups in total. The highest BCUT2D eigenvalue weighted by atomic mass is 32.2. The van der Waals surface area contributed by atoms with Crippen LogP contribution in [0.15, 0.2) is 35.2 Å². The van der Waals surface area contributed by atoms with Gasteiger partial charge in [0.1, 0.15) is 5.75 Å². The van der Waals surface area contributed by atoms with Gasteiger partial charge in [-0.15, -0.1) is 0 Å². The summed E-state index contributed by atoms with van der Waals surface area (Å²) in [6.07, 6.45) is 1.05. The van der Waals surface area contributed by atoms with Crippen LogP contribution in [0.5, 0.6) is 5.75 Å². The highest BCUT2D eigenvalue weighted by molar-refractivity contribution is 7.89. The van der Waals surface area contributed by atoms with Crippen LogP contribution in [0.3, 0.4) is 0 Å². The quantitative estimate of drug-likeness (QED) is 0.644. The summed E-state index contributed by atoms with van der Waals surface area (Å²) in [5, 5.41) is 2.96. The fourth-order valence-corrected chi connectivity index (χ4v) is 6.42. The Balaban J connectivity index is 1.69. The van der Waals surface area contributed by atoms with Crippen LogP contribution in [0, 0.1) is 13.8 Å². The third kappa shape index (κ3) is 5.62. The van der Waals surface area contributed by atoms with Gasteiger partial charge in [0.05, 0.1) is 12.0 Å². The second kappa shape index (κ2) is 10.1. The van der Waals surface area contributed by atoms with Crippen LogP contribution in [0.4, 0.5) is 5.69 Å². The molecule has 7 nitrogen and oxygen atoms in total. The smallest absolute Gasteiger partial charge is 0.243 e. The molecular weight excluding hydrogens is 450 g/mol. The second-order valence-electron chi connectivity index (χ2n) is 9.96. The van der Waals surface area contributed by atoms with Crippen LogP contribution < -0.4 is 10.1 Å². The lowest BCUT2D eigenvalue weighted by Gasteiger charge is -2.29. The topological polar surface area (TPSA) is 79.0 Å². The molecular formula is C26H37N3O4S. The molecule has 3 rings (SSSR count). The third-order valence-electron chi connectivity index (χ3n) is 6.54. The number of hydrogen-bond acceptors (Lipinski definition) is 5. The minimum atomic E-state index is -3.74. The van der Waals surface area contributed by atoms with Gasteiger partial charge in [-0.2, -0.15) is 0 Å². The first-order valence-corrected chi connectivity index (χ1v) is 13.0. The van der Waals surface area contributed by atoms with Gasteiger partial charge in [-0.1, -0.05) is 19.9 Å². The normalized spacial score (nSPS) is 16.1. The lowest BCUT2D eigenvalue weighted by molar-refractivity contribution is -0.116. The van der Waals surface area contributed by atoms with E-state index in [1.54, 1.807) is 33.1 Å². The summed E-state index contributed by atoms with van der Waals surface area (Å²) in [7, 11) is 1.46. The Labute approximate surface area is 204 Å². The van der Waals surface area contributed by atoms with E-state index in [2.05, 4.69) is 43.2 Å². The van der Waals surface area contributed by atoms with E-state index in [4.69, 9.17) is 4.74 Å². The van der Waals surface area contributed by atoms with E-state index in [0.717, 1.165) is 25.2 Å². The Morgan fingerprint density at radius 2 is 1.82 bits per heavy atom. The Morgan fingerprint density at radius 1 is 1.18 bits per heavy atom. The van der Waals surface area contributed by atoms with Crippen molar-refractivity contribution < 1.29 is 17.9 Å². The molecule has 0 saturated heterocycles. The van der Waals surface area contributed by atoms with Crippen molar-refractivity contribution >= 4 is 21.6 Å². The van der Waals surface area contributed by atoms with E-state index >= 15 is 0 Å². The number of aryl methyl sites for hydroxylation is 2. The van der Waals surface area contributed by atoms with Crippen LogP contribution in [0.1, 0.15) is 42.5 Å². The van der Waals surface area contributed by atoms with Gasteiger partial charge < -0.3 is 15.0 Å². The number of amides is 1. The SMILES string of the molecule is COc1cc(C)c(S(=O)(=O)N(C)CCC(=O)Nc2ccc3c(c2)C(C)(C)CN(C)CC3)c(C)c1. The van der Waals surface area contributed by atoms with E-state index in [-0.39, 0.29) is 29.2 Å².